The summed E-state index contributed by atoms with van der Waals surface area (Å²) in [6.07, 6.45) is 1.13. The predicted octanol–water partition coefficient (Wildman–Crippen LogP) is 1.93. The Hall–Kier alpha value is -3.68. The number of H-pyrrole nitrogens is 2. The highest BCUT2D eigenvalue weighted by molar-refractivity contribution is 6.37. The van der Waals surface area contributed by atoms with Crippen molar-refractivity contribution < 1.29 is 4.74 Å². The van der Waals surface area contributed by atoms with Gasteiger partial charge in [-0.1, -0.05) is 29.8 Å². The van der Waals surface area contributed by atoms with E-state index in [1.807, 2.05) is 4.98 Å². The van der Waals surface area contributed by atoms with Crippen LogP contribution in [0.4, 0.5) is 0 Å². The summed E-state index contributed by atoms with van der Waals surface area (Å²) in [7, 11) is 0. The van der Waals surface area contributed by atoms with Gasteiger partial charge in [0.05, 0.1) is 21.3 Å². The largest absolute Gasteiger partial charge is 0.434 e. The maximum absolute atomic E-state index is 12.1. The normalized spacial score (nSPS) is 12.5. The Bertz CT molecular complexity index is 1420. The van der Waals surface area contributed by atoms with Crippen molar-refractivity contribution in [3.8, 4) is 23.4 Å². The van der Waals surface area contributed by atoms with Crippen molar-refractivity contribution in [1.29, 1.82) is 5.26 Å². The van der Waals surface area contributed by atoms with Gasteiger partial charge in [-0.25, -0.2) is 9.89 Å². The monoisotopic (exact) mass is 444 g/mol. The average molecular weight is 445 g/mol. The summed E-state index contributed by atoms with van der Waals surface area (Å²) < 4.78 is 6.55. The number of aromatic nitrogens is 5. The molecule has 2 N–H and O–H groups in total. The summed E-state index contributed by atoms with van der Waals surface area (Å²) in [5.41, 5.74) is -0.839. The molecule has 2 heterocycles. The molecule has 1 aromatic carbocycles. The summed E-state index contributed by atoms with van der Waals surface area (Å²) in [6, 6.07) is 4.23. The quantitative estimate of drug-likeness (QED) is 0.626. The lowest BCUT2D eigenvalue weighted by Gasteiger charge is -2.13. The number of ether oxygens (including phenoxy) is 1. The highest BCUT2D eigenvalue weighted by Gasteiger charge is 2.25. The second-order valence-electron chi connectivity index (χ2n) is 6.29. The molecule has 1 aliphatic rings. The molecule has 0 unspecified atom stereocenters. The third-order valence-corrected chi connectivity index (χ3v) is 5.00. The van der Waals surface area contributed by atoms with Gasteiger partial charge in [0.15, 0.2) is 5.75 Å². The third-order valence-electron chi connectivity index (χ3n) is 4.44. The number of benzene rings is 1. The number of aromatic amines is 2. The van der Waals surface area contributed by atoms with Crippen LogP contribution in [0.5, 0.6) is 11.6 Å². The number of rotatable bonds is 3. The van der Waals surface area contributed by atoms with Gasteiger partial charge >= 0.3 is 5.69 Å². The van der Waals surface area contributed by atoms with Crippen LogP contribution in [-0.4, -0.2) is 25.0 Å². The molecule has 4 rings (SSSR count). The first kappa shape index (κ1) is 19.6. The van der Waals surface area contributed by atoms with Crippen molar-refractivity contribution in [2.45, 2.75) is 12.8 Å². The Labute approximate surface area is 177 Å². The Morgan fingerprint density at radius 3 is 2.53 bits per heavy atom. The highest BCUT2D eigenvalue weighted by atomic mass is 35.5. The summed E-state index contributed by atoms with van der Waals surface area (Å²) >= 11 is 12.6. The van der Waals surface area contributed by atoms with Gasteiger partial charge in [0.1, 0.15) is 6.07 Å². The van der Waals surface area contributed by atoms with E-state index in [0.29, 0.717) is 29.5 Å². The van der Waals surface area contributed by atoms with E-state index in [1.165, 1.54) is 12.1 Å². The first-order chi connectivity index (χ1) is 14.3. The van der Waals surface area contributed by atoms with E-state index in [2.05, 4.69) is 21.9 Å². The lowest BCUT2D eigenvalue weighted by molar-refractivity contribution is 0.448. The first-order valence-electron chi connectivity index (χ1n) is 8.41. The molecule has 0 fully saturated rings. The Morgan fingerprint density at radius 1 is 1.17 bits per heavy atom. The molecule has 1 aliphatic carbocycles. The molecule has 0 saturated carbocycles. The van der Waals surface area contributed by atoms with E-state index in [-0.39, 0.29) is 32.9 Å². The van der Waals surface area contributed by atoms with Gasteiger partial charge in [-0.15, -0.1) is 10.2 Å². The number of halogens is 2. The lowest BCUT2D eigenvalue weighted by Crippen LogP contribution is -2.33. The lowest BCUT2D eigenvalue weighted by atomic mass is 10.1. The molecule has 30 heavy (non-hydrogen) atoms. The van der Waals surface area contributed by atoms with Crippen LogP contribution in [0.25, 0.3) is 11.3 Å². The fourth-order valence-corrected chi connectivity index (χ4v) is 3.62. The molecule has 0 radical (unpaired) electrons. The molecule has 2 aromatic heterocycles. The molecule has 0 atom stereocenters. The minimum Gasteiger partial charge on any atom is -0.434 e. The molecule has 0 spiro atoms. The van der Waals surface area contributed by atoms with Crippen molar-refractivity contribution in [2.24, 2.45) is 0 Å². The van der Waals surface area contributed by atoms with Crippen molar-refractivity contribution >= 4 is 28.8 Å². The van der Waals surface area contributed by atoms with E-state index in [0.717, 1.165) is 4.68 Å². The minimum atomic E-state index is -0.907. The number of hydrogen-bond donors (Lipinski definition) is 2. The zero-order valence-corrected chi connectivity index (χ0v) is 16.5. The van der Waals surface area contributed by atoms with Crippen molar-refractivity contribution in [1.82, 2.24) is 25.0 Å². The van der Waals surface area contributed by atoms with E-state index in [4.69, 9.17) is 33.2 Å². The number of hydrogen-bond acceptors (Lipinski definition) is 7. The summed E-state index contributed by atoms with van der Waals surface area (Å²) in [5, 5.41) is 19.0. The number of nitriles is 1. The Morgan fingerprint density at radius 2 is 1.87 bits per heavy atom. The van der Waals surface area contributed by atoms with Crippen molar-refractivity contribution in [3.63, 3.8) is 0 Å². The number of allylic oxidation sites excluding steroid dienone is 1. The molecular weight excluding hydrogens is 435 g/mol. The Kier molecular flexibility index (Phi) is 4.77. The van der Waals surface area contributed by atoms with Crippen LogP contribution in [0, 0.1) is 11.3 Å². The zero-order chi connectivity index (χ0) is 21.6. The number of nitrogens with one attached hydrogen (secondary N) is 2. The fourth-order valence-electron chi connectivity index (χ4n) is 3.07. The van der Waals surface area contributed by atoms with Crippen molar-refractivity contribution in [2.75, 3.05) is 0 Å². The van der Waals surface area contributed by atoms with E-state index in [1.54, 1.807) is 6.07 Å². The second-order valence-corrected chi connectivity index (χ2v) is 7.10. The predicted molar refractivity (Wildman–Crippen MR) is 107 cm³/mol. The van der Waals surface area contributed by atoms with Crippen LogP contribution in [-0.2, 0) is 6.42 Å². The molecule has 0 aliphatic heterocycles. The first-order valence-corrected chi connectivity index (χ1v) is 9.16. The highest BCUT2D eigenvalue weighted by Crippen LogP contribution is 2.40. The van der Waals surface area contributed by atoms with Gasteiger partial charge in [-0.05, 0) is 30.5 Å². The van der Waals surface area contributed by atoms with Gasteiger partial charge in [-0.3, -0.25) is 14.6 Å². The molecular formula is C18H10Cl2N6O4. The maximum Gasteiger partial charge on any atom is 0.349 e. The van der Waals surface area contributed by atoms with Crippen LogP contribution in [0.2, 0.25) is 10.0 Å². The maximum atomic E-state index is 12.1. The molecule has 0 amide bonds. The second kappa shape index (κ2) is 7.29. The van der Waals surface area contributed by atoms with E-state index in [9.17, 15) is 14.4 Å². The molecule has 12 heteroatoms. The number of fused-ring (bicyclic) bond motifs is 1. The Balaban J connectivity index is 1.79. The van der Waals surface area contributed by atoms with Crippen LogP contribution >= 0.6 is 23.2 Å². The molecule has 0 saturated heterocycles. The van der Waals surface area contributed by atoms with Gasteiger partial charge < -0.3 is 4.74 Å². The molecule has 0 bridgehead atoms. The fraction of sp³-hybridized carbons (Fsp3) is 0.111. The number of nitrogens with zero attached hydrogens (tertiary/aromatic N) is 4. The summed E-state index contributed by atoms with van der Waals surface area (Å²) in [5.74, 6) is 0.172. The smallest absolute Gasteiger partial charge is 0.349 e. The van der Waals surface area contributed by atoms with Crippen LogP contribution in [0.1, 0.15) is 23.2 Å². The topological polar surface area (TPSA) is 147 Å². The van der Waals surface area contributed by atoms with Gasteiger partial charge in [0.2, 0.25) is 11.6 Å². The summed E-state index contributed by atoms with van der Waals surface area (Å²) in [4.78, 5) is 37.6. The minimum absolute atomic E-state index is 0.00878. The van der Waals surface area contributed by atoms with Gasteiger partial charge in [0, 0.05) is 5.56 Å². The molecule has 3 aromatic rings. The molecule has 150 valence electrons. The SMILES string of the molecule is C=C1CCc2c(Oc3c(Cl)cc(-n4nc(C#N)c(=O)[nH]c4=O)cc3Cl)n[nH]c(=O)c21. The molecule has 10 nitrogen and oxygen atoms in total. The van der Waals surface area contributed by atoms with Gasteiger partial charge in [-0.2, -0.15) is 9.94 Å². The summed E-state index contributed by atoms with van der Waals surface area (Å²) in [6.45, 7) is 3.87. The van der Waals surface area contributed by atoms with Crippen molar-refractivity contribution in [3.05, 3.63) is 76.8 Å². The van der Waals surface area contributed by atoms with E-state index < -0.39 is 16.9 Å². The third kappa shape index (κ3) is 3.20. The van der Waals surface area contributed by atoms with Crippen LogP contribution in [0.3, 0.4) is 0 Å². The van der Waals surface area contributed by atoms with Crippen LogP contribution < -0.4 is 21.5 Å². The average Bonchev–Trinajstić information content (AvgIpc) is 3.09. The van der Waals surface area contributed by atoms with Crippen LogP contribution in [0.15, 0.2) is 33.1 Å². The van der Waals surface area contributed by atoms with E-state index >= 15 is 0 Å². The standard InChI is InChI=1S/C18H10Cl2N6O4/c1-7-2-3-9-13(7)16(28)23-24-17(9)30-14-10(19)4-8(5-11(14)20)26-18(29)22-15(27)12(6-21)25-26/h4-5H,1-3H2,(H,23,28)(H,22,27,29). The zero-order valence-electron chi connectivity index (χ0n) is 15.0. The van der Waals surface area contributed by atoms with Gasteiger partial charge in [0.25, 0.3) is 11.1 Å².